The van der Waals surface area contributed by atoms with Crippen LogP contribution < -0.4 is 5.32 Å². The molecule has 0 unspecified atom stereocenters. The minimum Gasteiger partial charge on any atom is -0.322 e. The zero-order valence-electron chi connectivity index (χ0n) is 11.2. The Morgan fingerprint density at radius 3 is 2.33 bits per heavy atom. The van der Waals surface area contributed by atoms with E-state index in [0.29, 0.717) is 5.69 Å². The molecule has 2 aromatic carbocycles. The molecule has 6 nitrogen and oxygen atoms in total. The zero-order valence-corrected chi connectivity index (χ0v) is 11.2. The summed E-state index contributed by atoms with van der Waals surface area (Å²) >= 11 is 0. The van der Waals surface area contributed by atoms with Crippen molar-refractivity contribution in [2.45, 2.75) is 6.92 Å². The molecule has 2 aromatic rings. The van der Waals surface area contributed by atoms with E-state index in [1.165, 1.54) is 19.1 Å². The van der Waals surface area contributed by atoms with Gasteiger partial charge in [-0.05, 0) is 31.2 Å². The third kappa shape index (κ3) is 3.30. The summed E-state index contributed by atoms with van der Waals surface area (Å²) in [7, 11) is 0. The number of carbonyl (C=O) groups is 2. The van der Waals surface area contributed by atoms with Gasteiger partial charge in [0.2, 0.25) is 0 Å². The summed E-state index contributed by atoms with van der Waals surface area (Å²) in [6, 6.07) is 12.5. The number of ketones is 1. The average Bonchev–Trinajstić information content (AvgIpc) is 2.47. The molecule has 1 N–H and O–H groups in total. The van der Waals surface area contributed by atoms with E-state index in [9.17, 15) is 19.7 Å². The van der Waals surface area contributed by atoms with Crippen molar-refractivity contribution in [1.82, 2.24) is 0 Å². The topological polar surface area (TPSA) is 89.3 Å². The maximum Gasteiger partial charge on any atom is 0.280 e. The monoisotopic (exact) mass is 284 g/mol. The molecular formula is C15H12N2O4. The number of amides is 1. The first kappa shape index (κ1) is 14.4. The van der Waals surface area contributed by atoms with Crippen LogP contribution in [-0.4, -0.2) is 16.6 Å². The molecule has 2 rings (SSSR count). The number of nitrogens with one attached hydrogen (secondary N) is 1. The van der Waals surface area contributed by atoms with Gasteiger partial charge in [0, 0.05) is 17.3 Å². The highest BCUT2D eigenvalue weighted by Gasteiger charge is 2.20. The van der Waals surface area contributed by atoms with Gasteiger partial charge in [-0.25, -0.2) is 0 Å². The first-order valence-electron chi connectivity index (χ1n) is 6.15. The molecule has 0 aliphatic heterocycles. The second kappa shape index (κ2) is 5.96. The van der Waals surface area contributed by atoms with Gasteiger partial charge in [0.25, 0.3) is 11.6 Å². The third-order valence-electron chi connectivity index (χ3n) is 2.87. The highest BCUT2D eigenvalue weighted by molar-refractivity contribution is 6.06. The lowest BCUT2D eigenvalue weighted by Gasteiger charge is -2.06. The minimum absolute atomic E-state index is 0.0174. The van der Waals surface area contributed by atoms with Crippen molar-refractivity contribution in [3.63, 3.8) is 0 Å². The van der Waals surface area contributed by atoms with Crippen molar-refractivity contribution in [1.29, 1.82) is 0 Å². The Hall–Kier alpha value is -3.02. The average molecular weight is 284 g/mol. The van der Waals surface area contributed by atoms with Crippen LogP contribution in [0.4, 0.5) is 11.4 Å². The number of carbonyl (C=O) groups excluding carboxylic acids is 2. The predicted octanol–water partition coefficient (Wildman–Crippen LogP) is 3.05. The summed E-state index contributed by atoms with van der Waals surface area (Å²) < 4.78 is 0. The molecule has 0 aromatic heterocycles. The summed E-state index contributed by atoms with van der Waals surface area (Å²) in [4.78, 5) is 33.7. The molecule has 0 spiro atoms. The van der Waals surface area contributed by atoms with Gasteiger partial charge in [-0.2, -0.15) is 0 Å². The van der Waals surface area contributed by atoms with Crippen molar-refractivity contribution in [2.24, 2.45) is 0 Å². The van der Waals surface area contributed by atoms with E-state index < -0.39 is 16.6 Å². The molecule has 6 heteroatoms. The second-order valence-corrected chi connectivity index (χ2v) is 4.37. The smallest absolute Gasteiger partial charge is 0.280 e. The van der Waals surface area contributed by atoms with Gasteiger partial charge in [-0.3, -0.25) is 19.7 Å². The van der Waals surface area contributed by atoms with Gasteiger partial charge in [0.15, 0.2) is 5.78 Å². The number of para-hydroxylation sites is 1. The highest BCUT2D eigenvalue weighted by Crippen LogP contribution is 2.21. The van der Waals surface area contributed by atoms with E-state index in [2.05, 4.69) is 5.32 Å². The van der Waals surface area contributed by atoms with Crippen molar-refractivity contribution < 1.29 is 14.5 Å². The van der Waals surface area contributed by atoms with Gasteiger partial charge >= 0.3 is 0 Å². The molecule has 0 saturated carbocycles. The largest absolute Gasteiger partial charge is 0.322 e. The fraction of sp³-hybridized carbons (Fsp3) is 0.0667. The number of Topliss-reactive ketones (excluding diaryl/α,β-unsaturated/α-hetero) is 1. The Bertz CT molecular complexity index is 711. The second-order valence-electron chi connectivity index (χ2n) is 4.37. The number of hydrogen-bond donors (Lipinski definition) is 1. The lowest BCUT2D eigenvalue weighted by Crippen LogP contribution is -2.13. The van der Waals surface area contributed by atoms with Crippen LogP contribution in [0.3, 0.4) is 0 Å². The molecule has 1 amide bonds. The van der Waals surface area contributed by atoms with Gasteiger partial charge in [-0.1, -0.05) is 18.2 Å². The Balaban J connectivity index is 2.32. The van der Waals surface area contributed by atoms with Crippen molar-refractivity contribution >= 4 is 23.1 Å². The molecular weight excluding hydrogens is 272 g/mol. The predicted molar refractivity (Wildman–Crippen MR) is 77.5 cm³/mol. The summed E-state index contributed by atoms with van der Waals surface area (Å²) in [5.41, 5.74) is 0.316. The van der Waals surface area contributed by atoms with Crippen LogP contribution in [0.1, 0.15) is 27.6 Å². The Kier molecular flexibility index (Phi) is 4.08. The zero-order chi connectivity index (χ0) is 15.4. The van der Waals surface area contributed by atoms with Gasteiger partial charge in [0.1, 0.15) is 0 Å². The van der Waals surface area contributed by atoms with Crippen molar-refractivity contribution in [3.05, 3.63) is 69.8 Å². The molecule has 0 aliphatic rings. The molecule has 106 valence electrons. The fourth-order valence-corrected chi connectivity index (χ4v) is 1.85. The minimum atomic E-state index is -0.671. The molecule has 0 fully saturated rings. The number of nitrogens with zero attached hydrogens (tertiary/aromatic N) is 1. The summed E-state index contributed by atoms with van der Waals surface area (Å²) in [5, 5.41) is 13.6. The van der Waals surface area contributed by atoms with Gasteiger partial charge < -0.3 is 5.32 Å². The van der Waals surface area contributed by atoms with Crippen LogP contribution in [0.5, 0.6) is 0 Å². The first-order valence-corrected chi connectivity index (χ1v) is 6.15. The first-order chi connectivity index (χ1) is 9.99. The van der Waals surface area contributed by atoms with Crippen LogP contribution in [0, 0.1) is 10.1 Å². The number of nitro benzene ring substituents is 1. The summed E-state index contributed by atoms with van der Waals surface area (Å²) in [6.45, 7) is 1.24. The molecule has 0 heterocycles. The summed E-state index contributed by atoms with van der Waals surface area (Å²) in [5.74, 6) is -0.892. The Morgan fingerprint density at radius 1 is 1.10 bits per heavy atom. The molecule has 0 bridgehead atoms. The lowest BCUT2D eigenvalue weighted by molar-refractivity contribution is -0.385. The number of rotatable bonds is 4. The van der Waals surface area contributed by atoms with Crippen LogP contribution in [0.25, 0.3) is 0 Å². The van der Waals surface area contributed by atoms with Crippen molar-refractivity contribution in [2.75, 3.05) is 5.32 Å². The van der Waals surface area contributed by atoms with Gasteiger partial charge in [0.05, 0.1) is 10.5 Å². The SMILES string of the molecule is CC(=O)c1ccc(C(=O)Nc2ccccc2)cc1[N+](=O)[O-]. The normalized spacial score (nSPS) is 9.95. The van der Waals surface area contributed by atoms with E-state index in [4.69, 9.17) is 0 Å². The maximum atomic E-state index is 12.1. The summed E-state index contributed by atoms with van der Waals surface area (Å²) in [6.07, 6.45) is 0. The molecule has 0 radical (unpaired) electrons. The molecule has 0 aliphatic carbocycles. The molecule has 0 atom stereocenters. The standard InChI is InChI=1S/C15H12N2O4/c1-10(18)13-8-7-11(9-14(13)17(20)21)15(19)16-12-5-3-2-4-6-12/h2-9H,1H3,(H,16,19). The van der Waals surface area contributed by atoms with Crippen LogP contribution in [-0.2, 0) is 0 Å². The van der Waals surface area contributed by atoms with Crippen LogP contribution >= 0.6 is 0 Å². The van der Waals surface area contributed by atoms with Gasteiger partial charge in [-0.15, -0.1) is 0 Å². The Morgan fingerprint density at radius 2 is 1.76 bits per heavy atom. The molecule has 0 saturated heterocycles. The van der Waals surface area contributed by atoms with Crippen LogP contribution in [0.2, 0.25) is 0 Å². The highest BCUT2D eigenvalue weighted by atomic mass is 16.6. The number of hydrogen-bond acceptors (Lipinski definition) is 4. The van der Waals surface area contributed by atoms with E-state index in [1.54, 1.807) is 24.3 Å². The van der Waals surface area contributed by atoms with E-state index in [1.807, 2.05) is 6.07 Å². The number of anilines is 1. The third-order valence-corrected chi connectivity index (χ3v) is 2.87. The number of nitro groups is 1. The van der Waals surface area contributed by atoms with Crippen LogP contribution in [0.15, 0.2) is 48.5 Å². The Labute approximate surface area is 120 Å². The van der Waals surface area contributed by atoms with E-state index in [0.717, 1.165) is 6.07 Å². The number of benzene rings is 2. The van der Waals surface area contributed by atoms with E-state index in [-0.39, 0.29) is 16.8 Å². The fourth-order valence-electron chi connectivity index (χ4n) is 1.85. The maximum absolute atomic E-state index is 12.1. The quantitative estimate of drug-likeness (QED) is 0.531. The molecule has 21 heavy (non-hydrogen) atoms. The van der Waals surface area contributed by atoms with E-state index >= 15 is 0 Å². The lowest BCUT2D eigenvalue weighted by atomic mass is 10.1. The van der Waals surface area contributed by atoms with Crippen molar-refractivity contribution in [3.8, 4) is 0 Å².